The highest BCUT2D eigenvalue weighted by molar-refractivity contribution is 6.34. The third-order valence-corrected chi connectivity index (χ3v) is 7.13. The van der Waals surface area contributed by atoms with Crippen LogP contribution in [0.3, 0.4) is 0 Å². The van der Waals surface area contributed by atoms with Crippen LogP contribution in [0.2, 0.25) is 0 Å². The van der Waals surface area contributed by atoms with Gasteiger partial charge in [-0.05, 0) is 43.9 Å². The van der Waals surface area contributed by atoms with Gasteiger partial charge in [0.1, 0.15) is 17.2 Å². The summed E-state index contributed by atoms with van der Waals surface area (Å²) in [6.45, 7) is 1.86. The Balaban J connectivity index is 1.77. The second-order valence-corrected chi connectivity index (χ2v) is 9.91. The Morgan fingerprint density at radius 1 is 1.14 bits per heavy atom. The summed E-state index contributed by atoms with van der Waals surface area (Å²) in [6, 6.07) is 5.67. The number of aromatic nitrogens is 2. The average Bonchev–Trinajstić information content (AvgIpc) is 3.06. The molecule has 2 bridgehead atoms. The van der Waals surface area contributed by atoms with E-state index in [1.54, 1.807) is 12.1 Å². The number of ether oxygens (including phenoxy) is 1. The predicted octanol–water partition coefficient (Wildman–Crippen LogP) is 1.23. The molecule has 11 heteroatoms. The van der Waals surface area contributed by atoms with Gasteiger partial charge in [-0.2, -0.15) is 0 Å². The highest BCUT2D eigenvalue weighted by atomic mass is 19.1. The summed E-state index contributed by atoms with van der Waals surface area (Å²) in [5.74, 6) is -3.22. The lowest BCUT2D eigenvalue weighted by atomic mass is 9.84. The summed E-state index contributed by atoms with van der Waals surface area (Å²) in [5.41, 5.74) is -2.55. The Labute approximate surface area is 207 Å². The van der Waals surface area contributed by atoms with Crippen molar-refractivity contribution in [1.29, 1.82) is 0 Å². The molecule has 3 aliphatic heterocycles. The van der Waals surface area contributed by atoms with E-state index in [0.717, 1.165) is 4.90 Å². The van der Waals surface area contributed by atoms with Gasteiger partial charge in [0.25, 0.3) is 5.56 Å². The molecule has 0 radical (unpaired) electrons. The molecule has 4 heterocycles. The van der Waals surface area contributed by atoms with E-state index in [2.05, 4.69) is 4.98 Å². The Hall–Kier alpha value is -3.60. The molecular formula is C25H29FN4O6. The number of nitrogens with zero attached hydrogens (tertiary/aromatic N) is 4. The topological polar surface area (TPSA) is 122 Å². The van der Waals surface area contributed by atoms with Crippen molar-refractivity contribution in [3.05, 3.63) is 57.5 Å². The fourth-order valence-electron chi connectivity index (χ4n) is 4.76. The molecule has 2 unspecified atom stereocenters. The molecule has 2 amide bonds. The zero-order valence-corrected chi connectivity index (χ0v) is 20.7. The van der Waals surface area contributed by atoms with Crippen LogP contribution < -0.4 is 5.56 Å². The molecule has 192 valence electrons. The molecule has 0 saturated carbocycles. The molecular weight excluding hydrogens is 471 g/mol. The quantitative estimate of drug-likeness (QED) is 0.484. The summed E-state index contributed by atoms with van der Waals surface area (Å²) >= 11 is 0. The van der Waals surface area contributed by atoms with Crippen LogP contribution in [0.1, 0.15) is 48.1 Å². The number of carbonyl (C=O) groups is 3. The first-order valence-electron chi connectivity index (χ1n) is 11.6. The molecule has 2 aromatic rings. The molecule has 1 aromatic carbocycles. The van der Waals surface area contributed by atoms with Crippen molar-refractivity contribution in [2.75, 3.05) is 27.7 Å². The highest BCUT2D eigenvalue weighted by Gasteiger charge is 2.54. The second kappa shape index (κ2) is 9.12. The van der Waals surface area contributed by atoms with Crippen LogP contribution in [-0.2, 0) is 32.8 Å². The summed E-state index contributed by atoms with van der Waals surface area (Å²) in [7, 11) is 4.36. The number of aromatic hydroxyl groups is 1. The molecule has 3 aliphatic rings. The van der Waals surface area contributed by atoms with E-state index in [0.29, 0.717) is 18.4 Å². The number of carbonyl (C=O) groups excluding carboxylic acids is 3. The van der Waals surface area contributed by atoms with E-state index in [-0.39, 0.29) is 31.8 Å². The van der Waals surface area contributed by atoms with Gasteiger partial charge in [-0.1, -0.05) is 12.1 Å². The number of halogens is 1. The Kier molecular flexibility index (Phi) is 6.46. The minimum Gasteiger partial charge on any atom is -0.501 e. The lowest BCUT2D eigenvalue weighted by Gasteiger charge is -2.45. The number of fused-ring (bicyclic) bond motifs is 2. The number of amides is 2. The first-order chi connectivity index (χ1) is 16.9. The number of Topliss-reactive ketones (excluding diaryl/α,β-unsaturated/α-hetero) is 1. The zero-order valence-electron chi connectivity index (χ0n) is 20.7. The van der Waals surface area contributed by atoms with Crippen molar-refractivity contribution >= 4 is 17.6 Å². The summed E-state index contributed by atoms with van der Waals surface area (Å²) in [4.78, 5) is 58.7. The molecule has 1 aromatic heterocycles. The molecule has 1 N–H and O–H groups in total. The fraction of sp³-hybridized carbons (Fsp3) is 0.480. The van der Waals surface area contributed by atoms with Gasteiger partial charge in [0, 0.05) is 27.6 Å². The number of hydrogen-bond donors (Lipinski definition) is 1. The van der Waals surface area contributed by atoms with Crippen molar-refractivity contribution < 1.29 is 28.6 Å². The van der Waals surface area contributed by atoms with Crippen molar-refractivity contribution in [3.8, 4) is 5.75 Å². The monoisotopic (exact) mass is 500 g/mol. The SMILES string of the molecule is CN(C)C(=O)C(=O)N(C)C12CCC(C)(Cn3c1nc(C(=O)CCc1ccc(F)cc1)c(O)c3=O)OC2. The van der Waals surface area contributed by atoms with Gasteiger partial charge in [-0.3, -0.25) is 23.7 Å². The largest absolute Gasteiger partial charge is 0.501 e. The Morgan fingerprint density at radius 2 is 1.81 bits per heavy atom. The van der Waals surface area contributed by atoms with Gasteiger partial charge in [0.2, 0.25) is 5.75 Å². The van der Waals surface area contributed by atoms with Gasteiger partial charge in [-0.25, -0.2) is 9.37 Å². The van der Waals surface area contributed by atoms with Crippen LogP contribution in [0.4, 0.5) is 4.39 Å². The molecule has 0 spiro atoms. The first kappa shape index (κ1) is 25.5. The number of ketones is 1. The van der Waals surface area contributed by atoms with Crippen molar-refractivity contribution in [2.24, 2.45) is 0 Å². The fourth-order valence-corrected chi connectivity index (χ4v) is 4.76. The number of likely N-dealkylation sites (N-methyl/N-ethyl adjacent to an activating group) is 2. The van der Waals surface area contributed by atoms with Crippen molar-refractivity contribution in [2.45, 2.75) is 50.3 Å². The number of aryl methyl sites for hydroxylation is 1. The van der Waals surface area contributed by atoms with Crippen LogP contribution >= 0.6 is 0 Å². The van der Waals surface area contributed by atoms with Crippen LogP contribution in [0.25, 0.3) is 0 Å². The van der Waals surface area contributed by atoms with Crippen LogP contribution in [0, 0.1) is 5.82 Å². The van der Waals surface area contributed by atoms with E-state index < -0.39 is 51.6 Å². The van der Waals surface area contributed by atoms with E-state index >= 15 is 0 Å². The van der Waals surface area contributed by atoms with Gasteiger partial charge < -0.3 is 19.6 Å². The van der Waals surface area contributed by atoms with Crippen LogP contribution in [0.15, 0.2) is 29.1 Å². The Morgan fingerprint density at radius 3 is 2.39 bits per heavy atom. The third-order valence-electron chi connectivity index (χ3n) is 7.13. The lowest BCUT2D eigenvalue weighted by molar-refractivity contribution is -0.165. The molecule has 10 nitrogen and oxygen atoms in total. The third kappa shape index (κ3) is 4.27. The maximum absolute atomic E-state index is 13.3. The molecule has 5 rings (SSSR count). The minimum absolute atomic E-state index is 0.0348. The van der Waals surface area contributed by atoms with Crippen LogP contribution in [-0.4, -0.2) is 75.4 Å². The van der Waals surface area contributed by atoms with Gasteiger partial charge in [0.05, 0.1) is 18.8 Å². The van der Waals surface area contributed by atoms with E-state index in [4.69, 9.17) is 4.74 Å². The molecule has 1 saturated heterocycles. The summed E-state index contributed by atoms with van der Waals surface area (Å²) in [5, 5.41) is 10.7. The first-order valence-corrected chi connectivity index (χ1v) is 11.6. The highest BCUT2D eigenvalue weighted by Crippen LogP contribution is 2.44. The van der Waals surface area contributed by atoms with Gasteiger partial charge in [0.15, 0.2) is 11.5 Å². The van der Waals surface area contributed by atoms with E-state index in [1.165, 1.54) is 42.7 Å². The number of rotatable bonds is 5. The predicted molar refractivity (Wildman–Crippen MR) is 126 cm³/mol. The van der Waals surface area contributed by atoms with E-state index in [1.807, 2.05) is 6.92 Å². The molecule has 36 heavy (non-hydrogen) atoms. The molecule has 2 atom stereocenters. The molecule has 1 fully saturated rings. The second-order valence-electron chi connectivity index (χ2n) is 9.91. The zero-order chi connectivity index (χ0) is 26.4. The lowest BCUT2D eigenvalue weighted by Crippen LogP contribution is -2.57. The normalized spacial score (nSPS) is 22.5. The average molecular weight is 501 g/mol. The van der Waals surface area contributed by atoms with E-state index in [9.17, 15) is 28.7 Å². The maximum Gasteiger partial charge on any atom is 0.312 e. The summed E-state index contributed by atoms with van der Waals surface area (Å²) < 4.78 is 20.5. The van der Waals surface area contributed by atoms with Gasteiger partial charge >= 0.3 is 11.8 Å². The van der Waals surface area contributed by atoms with Crippen LogP contribution in [0.5, 0.6) is 5.75 Å². The van der Waals surface area contributed by atoms with Crippen molar-refractivity contribution in [1.82, 2.24) is 19.4 Å². The number of benzene rings is 1. The maximum atomic E-state index is 13.3. The Bertz CT molecular complexity index is 1280. The number of hydrogen-bond acceptors (Lipinski definition) is 7. The van der Waals surface area contributed by atoms with Crippen molar-refractivity contribution in [3.63, 3.8) is 0 Å². The summed E-state index contributed by atoms with van der Waals surface area (Å²) in [6.07, 6.45) is 0.968. The minimum atomic E-state index is -1.29. The van der Waals surface area contributed by atoms with Gasteiger partial charge in [-0.15, -0.1) is 0 Å². The molecule has 0 aliphatic carbocycles. The smallest absolute Gasteiger partial charge is 0.312 e. The standard InChI is InChI=1S/C25H29FN4O6/c1-24-11-12-25(14-36-24,29(4)22(35)21(34)28(2)3)23-27-18(19(32)20(33)30(23)13-24)17(31)10-7-15-5-8-16(26)9-6-15/h5-6,8-9,32H,7,10-14H2,1-4H3.